The summed E-state index contributed by atoms with van der Waals surface area (Å²) in [7, 11) is 0. The van der Waals surface area contributed by atoms with Gasteiger partial charge in [0, 0.05) is 12.1 Å². The van der Waals surface area contributed by atoms with Crippen molar-refractivity contribution in [1.29, 1.82) is 0 Å². The molecular formula is C10H17NO2. The van der Waals surface area contributed by atoms with Crippen LogP contribution >= 0.6 is 0 Å². The fourth-order valence-electron chi connectivity index (χ4n) is 2.62. The van der Waals surface area contributed by atoms with Gasteiger partial charge in [0.2, 0.25) is 5.91 Å². The second-order valence-electron chi connectivity index (χ2n) is 4.57. The molecule has 2 aliphatic rings. The number of β-amino-alcohol motifs (C(OH)–C–C–N with tert-alkyl or cyclic N) is 1. The Morgan fingerprint density at radius 3 is 2.54 bits per heavy atom. The first-order valence-electron chi connectivity index (χ1n) is 5.10. The average molecular weight is 183 g/mol. The Morgan fingerprint density at radius 1 is 1.46 bits per heavy atom. The molecule has 2 fully saturated rings. The Bertz CT molecular complexity index is 221. The molecule has 1 heterocycles. The van der Waals surface area contributed by atoms with Gasteiger partial charge < -0.3 is 10.0 Å². The number of carbonyl (C=O) groups is 1. The molecule has 1 aliphatic heterocycles. The van der Waals surface area contributed by atoms with Gasteiger partial charge in [-0.2, -0.15) is 0 Å². The van der Waals surface area contributed by atoms with Gasteiger partial charge in [-0.25, -0.2) is 0 Å². The molecule has 0 aromatic carbocycles. The molecule has 2 rings (SSSR count). The summed E-state index contributed by atoms with van der Waals surface area (Å²) >= 11 is 0. The molecule has 3 nitrogen and oxygen atoms in total. The van der Waals surface area contributed by atoms with Gasteiger partial charge in [-0.05, 0) is 19.8 Å². The lowest BCUT2D eigenvalue weighted by Gasteiger charge is -2.35. The monoisotopic (exact) mass is 183 g/mol. The van der Waals surface area contributed by atoms with E-state index in [0.29, 0.717) is 13.0 Å². The van der Waals surface area contributed by atoms with Crippen LogP contribution in [0.2, 0.25) is 0 Å². The Balaban J connectivity index is 2.11. The van der Waals surface area contributed by atoms with E-state index in [0.717, 1.165) is 12.8 Å². The van der Waals surface area contributed by atoms with Crippen molar-refractivity contribution in [2.45, 2.75) is 50.7 Å². The third-order valence-corrected chi connectivity index (χ3v) is 3.44. The topological polar surface area (TPSA) is 40.5 Å². The van der Waals surface area contributed by atoms with Crippen LogP contribution in [-0.2, 0) is 4.79 Å². The molecule has 0 bridgehead atoms. The first-order chi connectivity index (χ1) is 6.12. The predicted octanol–water partition coefficient (Wildman–Crippen LogP) is 0.912. The summed E-state index contributed by atoms with van der Waals surface area (Å²) < 4.78 is 0. The highest BCUT2D eigenvalue weighted by Gasteiger charge is 2.42. The first kappa shape index (κ1) is 9.00. The van der Waals surface area contributed by atoms with E-state index >= 15 is 0 Å². The van der Waals surface area contributed by atoms with Crippen LogP contribution in [0.15, 0.2) is 0 Å². The van der Waals surface area contributed by atoms with Crippen LogP contribution in [0.4, 0.5) is 0 Å². The lowest BCUT2D eigenvalue weighted by Crippen LogP contribution is -2.45. The summed E-state index contributed by atoms with van der Waals surface area (Å²) in [5, 5.41) is 9.38. The molecule has 0 spiro atoms. The zero-order valence-corrected chi connectivity index (χ0v) is 8.12. The molecule has 0 aromatic rings. The van der Waals surface area contributed by atoms with E-state index in [9.17, 15) is 9.90 Å². The molecule has 1 aliphatic carbocycles. The van der Waals surface area contributed by atoms with Crippen molar-refractivity contribution in [3.8, 4) is 0 Å². The van der Waals surface area contributed by atoms with Crippen LogP contribution in [0.25, 0.3) is 0 Å². The van der Waals surface area contributed by atoms with E-state index in [1.54, 1.807) is 0 Å². The highest BCUT2D eigenvalue weighted by atomic mass is 16.3. The summed E-state index contributed by atoms with van der Waals surface area (Å²) in [5.74, 6) is 0.136. The van der Waals surface area contributed by atoms with Crippen molar-refractivity contribution >= 4 is 5.91 Å². The molecule has 3 heteroatoms. The number of rotatable bonds is 1. The average Bonchev–Trinajstić information content (AvgIpc) is 2.59. The van der Waals surface area contributed by atoms with Gasteiger partial charge in [-0.3, -0.25) is 4.79 Å². The van der Waals surface area contributed by atoms with Crippen molar-refractivity contribution in [2.75, 3.05) is 6.54 Å². The van der Waals surface area contributed by atoms with Gasteiger partial charge >= 0.3 is 0 Å². The van der Waals surface area contributed by atoms with Crippen LogP contribution in [0, 0.1) is 0 Å². The van der Waals surface area contributed by atoms with Crippen LogP contribution in [0.1, 0.15) is 39.0 Å². The summed E-state index contributed by atoms with van der Waals surface area (Å²) in [6, 6.07) is 0. The maximum Gasteiger partial charge on any atom is 0.225 e. The number of nitrogens with zero attached hydrogens (tertiary/aromatic N) is 1. The lowest BCUT2D eigenvalue weighted by atomic mass is 9.98. The van der Waals surface area contributed by atoms with Crippen LogP contribution < -0.4 is 0 Å². The van der Waals surface area contributed by atoms with Crippen LogP contribution in [0.5, 0.6) is 0 Å². The van der Waals surface area contributed by atoms with Gasteiger partial charge in [-0.1, -0.05) is 12.8 Å². The number of carbonyl (C=O) groups excluding carboxylic acids is 1. The van der Waals surface area contributed by atoms with Gasteiger partial charge in [0.15, 0.2) is 0 Å². The van der Waals surface area contributed by atoms with Gasteiger partial charge in [0.25, 0.3) is 0 Å². The van der Waals surface area contributed by atoms with E-state index in [1.165, 1.54) is 12.8 Å². The maximum absolute atomic E-state index is 11.5. The van der Waals surface area contributed by atoms with Crippen molar-refractivity contribution in [2.24, 2.45) is 0 Å². The third-order valence-electron chi connectivity index (χ3n) is 3.44. The maximum atomic E-state index is 11.5. The van der Waals surface area contributed by atoms with Gasteiger partial charge in [0.1, 0.15) is 0 Å². The quantitative estimate of drug-likeness (QED) is 0.656. The minimum Gasteiger partial charge on any atom is -0.391 e. The smallest absolute Gasteiger partial charge is 0.225 e. The third kappa shape index (κ3) is 1.46. The minimum atomic E-state index is -0.426. The SMILES string of the molecule is CC1(N2CC(O)CC2=O)CCCC1. The first-order valence-corrected chi connectivity index (χ1v) is 5.10. The normalized spacial score (nSPS) is 32.9. The Morgan fingerprint density at radius 2 is 2.08 bits per heavy atom. The highest BCUT2D eigenvalue weighted by molar-refractivity contribution is 5.79. The van der Waals surface area contributed by atoms with E-state index in [1.807, 2.05) is 4.90 Å². The van der Waals surface area contributed by atoms with Crippen molar-refractivity contribution in [3.05, 3.63) is 0 Å². The largest absolute Gasteiger partial charge is 0.391 e. The van der Waals surface area contributed by atoms with E-state index in [-0.39, 0.29) is 11.4 Å². The molecule has 74 valence electrons. The second-order valence-corrected chi connectivity index (χ2v) is 4.57. The zero-order valence-electron chi connectivity index (χ0n) is 8.12. The highest BCUT2D eigenvalue weighted by Crippen LogP contribution is 2.37. The van der Waals surface area contributed by atoms with Crippen LogP contribution in [-0.4, -0.2) is 34.1 Å². The second kappa shape index (κ2) is 2.98. The molecule has 0 aromatic heterocycles. The zero-order chi connectivity index (χ0) is 9.47. The molecule has 0 radical (unpaired) electrons. The van der Waals surface area contributed by atoms with Gasteiger partial charge in [0.05, 0.1) is 12.5 Å². The van der Waals surface area contributed by atoms with Crippen molar-refractivity contribution in [3.63, 3.8) is 0 Å². The van der Waals surface area contributed by atoms with Gasteiger partial charge in [-0.15, -0.1) is 0 Å². The molecular weight excluding hydrogens is 166 g/mol. The van der Waals surface area contributed by atoms with Crippen molar-refractivity contribution < 1.29 is 9.90 Å². The minimum absolute atomic E-state index is 0.0502. The summed E-state index contributed by atoms with van der Waals surface area (Å²) in [6.07, 6.45) is 4.55. The number of likely N-dealkylation sites (tertiary alicyclic amines) is 1. The molecule has 13 heavy (non-hydrogen) atoms. The fraction of sp³-hybridized carbons (Fsp3) is 0.900. The molecule has 1 N–H and O–H groups in total. The van der Waals surface area contributed by atoms with Crippen molar-refractivity contribution in [1.82, 2.24) is 4.90 Å². The number of hydrogen-bond donors (Lipinski definition) is 1. The molecule has 1 saturated heterocycles. The Labute approximate surface area is 78.7 Å². The summed E-state index contributed by atoms with van der Waals surface area (Å²) in [5.41, 5.74) is 0.0502. The molecule has 1 saturated carbocycles. The predicted molar refractivity (Wildman–Crippen MR) is 49.2 cm³/mol. The van der Waals surface area contributed by atoms with E-state index in [2.05, 4.69) is 6.92 Å². The Hall–Kier alpha value is -0.570. The summed E-state index contributed by atoms with van der Waals surface area (Å²) in [4.78, 5) is 13.4. The Kier molecular flexibility index (Phi) is 2.06. The molecule has 1 unspecified atom stereocenters. The van der Waals surface area contributed by atoms with E-state index < -0.39 is 6.10 Å². The standard InChI is InChI=1S/C10H17NO2/c1-10(4-2-3-5-10)11-7-8(12)6-9(11)13/h8,12H,2-7H2,1H3. The summed E-state index contributed by atoms with van der Waals surface area (Å²) in [6.45, 7) is 2.70. The number of aliphatic hydroxyl groups is 1. The number of hydrogen-bond acceptors (Lipinski definition) is 2. The molecule has 1 atom stereocenters. The van der Waals surface area contributed by atoms with E-state index in [4.69, 9.17) is 0 Å². The number of amides is 1. The number of aliphatic hydroxyl groups excluding tert-OH is 1. The lowest BCUT2D eigenvalue weighted by molar-refractivity contribution is -0.132. The fourth-order valence-corrected chi connectivity index (χ4v) is 2.62. The molecule has 1 amide bonds. The van der Waals surface area contributed by atoms with Crippen LogP contribution in [0.3, 0.4) is 0 Å².